The number of amides is 1. The molecule has 214 valence electrons. The number of carbonyl (C=O) groups excluding carboxylic acids is 1. The Hall–Kier alpha value is -3.21. The molecule has 0 spiro atoms. The normalized spacial score (nSPS) is 26.2. The number of nitrogen functional groups attached to an aromatic ring is 1. The van der Waals surface area contributed by atoms with Crippen LogP contribution in [0.2, 0.25) is 0 Å². The summed E-state index contributed by atoms with van der Waals surface area (Å²) in [4.78, 5) is 21.5. The summed E-state index contributed by atoms with van der Waals surface area (Å²) in [5.41, 5.74) is 8.99. The molecule has 0 radical (unpaired) electrons. The van der Waals surface area contributed by atoms with Gasteiger partial charge in [-0.2, -0.15) is 0 Å². The van der Waals surface area contributed by atoms with Gasteiger partial charge in [-0.1, -0.05) is 12.1 Å². The number of aromatic nitrogens is 3. The minimum absolute atomic E-state index is 0.00492. The molecule has 10 nitrogen and oxygen atoms in total. The molecule has 1 aliphatic carbocycles. The highest BCUT2D eigenvalue weighted by Crippen LogP contribution is 2.43. The van der Waals surface area contributed by atoms with Gasteiger partial charge in [0, 0.05) is 37.5 Å². The van der Waals surface area contributed by atoms with E-state index >= 15 is 0 Å². The molecule has 3 fully saturated rings. The second kappa shape index (κ2) is 11.3. The number of carbonyl (C=O) groups is 1. The number of ether oxygens (including phenoxy) is 3. The quantitative estimate of drug-likeness (QED) is 0.391. The van der Waals surface area contributed by atoms with Gasteiger partial charge in [-0.25, -0.2) is 9.97 Å². The molecule has 3 aliphatic rings. The molecule has 2 aliphatic heterocycles. The number of nitrogens with zero attached hydrogens (tertiary/aromatic N) is 3. The predicted octanol–water partition coefficient (Wildman–Crippen LogP) is 3.46. The van der Waals surface area contributed by atoms with E-state index in [0.29, 0.717) is 38.0 Å². The van der Waals surface area contributed by atoms with Crippen molar-refractivity contribution in [3.63, 3.8) is 0 Å². The van der Waals surface area contributed by atoms with E-state index in [0.717, 1.165) is 60.2 Å². The Labute approximate surface area is 235 Å². The number of anilines is 1. The van der Waals surface area contributed by atoms with Crippen LogP contribution in [0.5, 0.6) is 5.75 Å². The molecule has 3 aromatic rings. The van der Waals surface area contributed by atoms with Crippen LogP contribution in [0.3, 0.4) is 0 Å². The largest absolute Gasteiger partial charge is 0.491 e. The number of nitrogens with one attached hydrogen (secondary N) is 2. The van der Waals surface area contributed by atoms with Crippen molar-refractivity contribution in [3.8, 4) is 16.9 Å². The van der Waals surface area contributed by atoms with Crippen LogP contribution in [0.1, 0.15) is 52.0 Å². The summed E-state index contributed by atoms with van der Waals surface area (Å²) in [7, 11) is 0. The summed E-state index contributed by atoms with van der Waals surface area (Å²) in [6.45, 7) is 7.13. The topological polar surface area (TPSA) is 126 Å². The minimum atomic E-state index is -0.297. The van der Waals surface area contributed by atoms with Crippen LogP contribution < -0.4 is 21.1 Å². The number of fused-ring (bicyclic) bond motifs is 1. The third-order valence-electron chi connectivity index (χ3n) is 8.39. The van der Waals surface area contributed by atoms with Crippen molar-refractivity contribution in [2.45, 2.75) is 69.7 Å². The van der Waals surface area contributed by atoms with Crippen molar-refractivity contribution in [2.75, 3.05) is 38.6 Å². The maximum atomic E-state index is 12.6. The average molecular weight is 549 g/mol. The van der Waals surface area contributed by atoms with Gasteiger partial charge in [0.25, 0.3) is 0 Å². The Morgan fingerprint density at radius 1 is 1.27 bits per heavy atom. The maximum absolute atomic E-state index is 12.6. The fraction of sp³-hybridized carbons (Fsp3) is 0.567. The standard InChI is InChI=1S/C30H40N6O4/c1-30(2)17-33-25(16-40-30)29(37)32-13-19-10-21(11-19)36-14-24(26-27(31)34-18-35-28(26)36)20-6-5-8-22(12-20)39-15-23-7-3-4-9-38-23/h5-6,8,12,14,18-19,21,23,25,33H,3-4,7,9-11,13,15-17H2,1-2H3,(H,32,37)(H2,31,34,35)/t19?,21?,23?,25-/m0/s1. The Balaban J connectivity index is 1.11. The molecule has 1 saturated carbocycles. The van der Waals surface area contributed by atoms with Crippen LogP contribution in [-0.2, 0) is 14.3 Å². The van der Waals surface area contributed by atoms with E-state index in [4.69, 9.17) is 19.9 Å². The first kappa shape index (κ1) is 27.0. The van der Waals surface area contributed by atoms with Crippen molar-refractivity contribution in [1.82, 2.24) is 25.2 Å². The lowest BCUT2D eigenvalue weighted by Crippen LogP contribution is -2.57. The highest BCUT2D eigenvalue weighted by molar-refractivity contribution is 6.00. The van der Waals surface area contributed by atoms with Crippen LogP contribution in [0, 0.1) is 5.92 Å². The molecule has 2 aromatic heterocycles. The van der Waals surface area contributed by atoms with Crippen LogP contribution in [0.25, 0.3) is 22.2 Å². The lowest BCUT2D eigenvalue weighted by molar-refractivity contribution is -0.131. The fourth-order valence-corrected chi connectivity index (χ4v) is 5.91. The van der Waals surface area contributed by atoms with Crippen molar-refractivity contribution in [2.24, 2.45) is 5.92 Å². The third kappa shape index (κ3) is 5.80. The third-order valence-corrected chi connectivity index (χ3v) is 8.39. The van der Waals surface area contributed by atoms with Crippen LogP contribution in [-0.4, -0.2) is 71.1 Å². The van der Waals surface area contributed by atoms with Crippen LogP contribution >= 0.6 is 0 Å². The van der Waals surface area contributed by atoms with E-state index in [9.17, 15) is 4.79 Å². The van der Waals surface area contributed by atoms with Gasteiger partial charge in [-0.15, -0.1) is 0 Å². The van der Waals surface area contributed by atoms with E-state index in [1.54, 1.807) is 0 Å². The minimum Gasteiger partial charge on any atom is -0.491 e. The van der Waals surface area contributed by atoms with Gasteiger partial charge in [-0.05, 0) is 69.6 Å². The Bertz CT molecular complexity index is 1340. The molecule has 2 saturated heterocycles. The first-order valence-electron chi connectivity index (χ1n) is 14.5. The number of benzene rings is 1. The van der Waals surface area contributed by atoms with E-state index in [2.05, 4.69) is 43.5 Å². The van der Waals surface area contributed by atoms with Gasteiger partial charge in [-0.3, -0.25) is 4.79 Å². The summed E-state index contributed by atoms with van der Waals surface area (Å²) >= 11 is 0. The zero-order valence-electron chi connectivity index (χ0n) is 23.4. The highest BCUT2D eigenvalue weighted by atomic mass is 16.5. The Morgan fingerprint density at radius 2 is 2.15 bits per heavy atom. The van der Waals surface area contributed by atoms with Crippen molar-refractivity contribution >= 4 is 22.8 Å². The molecule has 0 bridgehead atoms. The molecule has 4 N–H and O–H groups in total. The summed E-state index contributed by atoms with van der Waals surface area (Å²) in [5, 5.41) is 7.27. The zero-order chi connectivity index (χ0) is 27.7. The predicted molar refractivity (Wildman–Crippen MR) is 153 cm³/mol. The Morgan fingerprint density at radius 3 is 2.92 bits per heavy atom. The summed E-state index contributed by atoms with van der Waals surface area (Å²) in [6, 6.07) is 8.09. The van der Waals surface area contributed by atoms with Gasteiger partial charge in [0.2, 0.25) is 5.91 Å². The van der Waals surface area contributed by atoms with Gasteiger partial charge in [0.15, 0.2) is 0 Å². The molecule has 10 heteroatoms. The van der Waals surface area contributed by atoms with Crippen molar-refractivity contribution < 1.29 is 19.0 Å². The highest BCUT2D eigenvalue weighted by Gasteiger charge is 2.35. The SMILES string of the molecule is CC1(C)CN[C@H](C(=O)NCC2CC(n3cc(-c4cccc(OCC5CCCCO5)c4)c4c(N)ncnc43)C2)CO1. The molecular formula is C30H40N6O4. The number of hydrogen-bond donors (Lipinski definition) is 3. The summed E-state index contributed by atoms with van der Waals surface area (Å²) < 4.78 is 20.0. The average Bonchev–Trinajstić information content (AvgIpc) is 3.32. The zero-order valence-corrected chi connectivity index (χ0v) is 23.4. The molecule has 2 atom stereocenters. The Kier molecular flexibility index (Phi) is 7.65. The molecule has 6 rings (SSSR count). The summed E-state index contributed by atoms with van der Waals surface area (Å²) in [5.74, 6) is 1.69. The maximum Gasteiger partial charge on any atom is 0.239 e. The van der Waals surface area contributed by atoms with Crippen molar-refractivity contribution in [3.05, 3.63) is 36.8 Å². The van der Waals surface area contributed by atoms with Crippen LogP contribution in [0.4, 0.5) is 5.82 Å². The van der Waals surface area contributed by atoms with Gasteiger partial charge >= 0.3 is 0 Å². The van der Waals surface area contributed by atoms with Gasteiger partial charge in [0.05, 0.1) is 23.7 Å². The number of rotatable bonds is 8. The number of nitrogens with two attached hydrogens (primary N) is 1. The van der Waals surface area contributed by atoms with Crippen LogP contribution in [0.15, 0.2) is 36.8 Å². The molecule has 1 aromatic carbocycles. The molecule has 1 amide bonds. The van der Waals surface area contributed by atoms with Crippen molar-refractivity contribution in [1.29, 1.82) is 0 Å². The van der Waals surface area contributed by atoms with E-state index in [-0.39, 0.29) is 29.7 Å². The summed E-state index contributed by atoms with van der Waals surface area (Å²) in [6.07, 6.45) is 9.09. The molecule has 40 heavy (non-hydrogen) atoms. The first-order chi connectivity index (χ1) is 19.4. The smallest absolute Gasteiger partial charge is 0.239 e. The van der Waals surface area contributed by atoms with E-state index in [1.165, 1.54) is 12.7 Å². The van der Waals surface area contributed by atoms with Gasteiger partial charge in [0.1, 0.15) is 36.2 Å². The van der Waals surface area contributed by atoms with Gasteiger partial charge < -0.3 is 35.1 Å². The lowest BCUT2D eigenvalue weighted by Gasteiger charge is -2.38. The molecular weight excluding hydrogens is 508 g/mol. The second-order valence-corrected chi connectivity index (χ2v) is 12.0. The molecule has 1 unspecified atom stereocenters. The molecule has 4 heterocycles. The lowest BCUT2D eigenvalue weighted by atomic mass is 9.80. The number of morpholine rings is 1. The monoisotopic (exact) mass is 548 g/mol. The van der Waals surface area contributed by atoms with E-state index < -0.39 is 0 Å². The first-order valence-corrected chi connectivity index (χ1v) is 14.5. The van der Waals surface area contributed by atoms with E-state index in [1.807, 2.05) is 26.0 Å². The number of hydrogen-bond acceptors (Lipinski definition) is 8. The second-order valence-electron chi connectivity index (χ2n) is 12.0. The fourth-order valence-electron chi connectivity index (χ4n) is 5.91.